The molecule has 0 bridgehead atoms. The third-order valence-corrected chi connectivity index (χ3v) is 4.60. The average molecular weight is 299 g/mol. The first-order chi connectivity index (χ1) is 9.26. The van der Waals surface area contributed by atoms with Crippen LogP contribution in [0.1, 0.15) is 33.6 Å². The summed E-state index contributed by atoms with van der Waals surface area (Å²) in [5.74, 6) is 0.631. The number of benzene rings is 1. The lowest BCUT2D eigenvalue weighted by Gasteiger charge is -2.19. The second-order valence-electron chi connectivity index (χ2n) is 5.48. The van der Waals surface area contributed by atoms with Gasteiger partial charge in [0, 0.05) is 11.7 Å². The molecule has 5 nitrogen and oxygen atoms in total. The number of nitrogens with one attached hydrogen (secondary N) is 2. The van der Waals surface area contributed by atoms with E-state index >= 15 is 0 Å². The molecule has 0 saturated carbocycles. The minimum Gasteiger partial charge on any atom is -0.399 e. The van der Waals surface area contributed by atoms with Crippen molar-refractivity contribution in [3.05, 3.63) is 18.2 Å². The van der Waals surface area contributed by atoms with Crippen LogP contribution in [0.2, 0.25) is 0 Å². The van der Waals surface area contributed by atoms with E-state index in [0.717, 1.165) is 12.8 Å². The number of hydrogen-bond acceptors (Lipinski definition) is 4. The topological polar surface area (TPSA) is 84.2 Å². The molecule has 0 aliphatic heterocycles. The Balaban J connectivity index is 2.95. The van der Waals surface area contributed by atoms with Crippen LogP contribution >= 0.6 is 0 Å². The molecule has 20 heavy (non-hydrogen) atoms. The third kappa shape index (κ3) is 4.68. The molecule has 4 N–H and O–H groups in total. The van der Waals surface area contributed by atoms with E-state index in [4.69, 9.17) is 5.73 Å². The van der Waals surface area contributed by atoms with Crippen LogP contribution in [0, 0.1) is 5.92 Å². The highest BCUT2D eigenvalue weighted by atomic mass is 32.2. The van der Waals surface area contributed by atoms with E-state index in [1.165, 1.54) is 13.1 Å². The number of hydrogen-bond donors (Lipinski definition) is 3. The summed E-state index contributed by atoms with van der Waals surface area (Å²) in [7, 11) is -2.13. The van der Waals surface area contributed by atoms with Gasteiger partial charge in [-0.1, -0.05) is 13.8 Å². The SMILES string of the molecule is CNS(=O)(=O)c1cc(N)ccc1NC(C)CCC(C)C. The van der Waals surface area contributed by atoms with Crippen molar-refractivity contribution in [3.63, 3.8) is 0 Å². The quantitative estimate of drug-likeness (QED) is 0.675. The van der Waals surface area contributed by atoms with Gasteiger partial charge in [-0.15, -0.1) is 0 Å². The van der Waals surface area contributed by atoms with Crippen LogP contribution in [0.25, 0.3) is 0 Å². The highest BCUT2D eigenvalue weighted by Gasteiger charge is 2.18. The van der Waals surface area contributed by atoms with E-state index < -0.39 is 10.0 Å². The Hall–Kier alpha value is -1.27. The van der Waals surface area contributed by atoms with Crippen molar-refractivity contribution in [2.24, 2.45) is 5.92 Å². The molecule has 0 aromatic heterocycles. The summed E-state index contributed by atoms with van der Waals surface area (Å²) >= 11 is 0. The molecule has 0 aliphatic rings. The van der Waals surface area contributed by atoms with Crippen molar-refractivity contribution in [1.82, 2.24) is 4.72 Å². The Morgan fingerprint density at radius 3 is 2.40 bits per heavy atom. The summed E-state index contributed by atoms with van der Waals surface area (Å²) in [6, 6.07) is 5.09. The maximum absolute atomic E-state index is 12.0. The van der Waals surface area contributed by atoms with Gasteiger partial charge in [0.25, 0.3) is 0 Å². The summed E-state index contributed by atoms with van der Waals surface area (Å²) in [6.45, 7) is 6.40. The van der Waals surface area contributed by atoms with E-state index in [-0.39, 0.29) is 10.9 Å². The minimum atomic E-state index is -3.52. The van der Waals surface area contributed by atoms with Gasteiger partial charge in [-0.05, 0) is 50.9 Å². The highest BCUT2D eigenvalue weighted by molar-refractivity contribution is 7.89. The smallest absolute Gasteiger partial charge is 0.242 e. The van der Waals surface area contributed by atoms with Gasteiger partial charge >= 0.3 is 0 Å². The van der Waals surface area contributed by atoms with Gasteiger partial charge in [-0.3, -0.25) is 0 Å². The van der Waals surface area contributed by atoms with Gasteiger partial charge < -0.3 is 11.1 Å². The van der Waals surface area contributed by atoms with E-state index in [0.29, 0.717) is 17.3 Å². The lowest BCUT2D eigenvalue weighted by Crippen LogP contribution is -2.23. The molecule has 1 rings (SSSR count). The summed E-state index contributed by atoms with van der Waals surface area (Å²) in [5, 5.41) is 3.26. The molecule has 0 spiro atoms. The van der Waals surface area contributed by atoms with Crippen LogP contribution in [-0.4, -0.2) is 21.5 Å². The van der Waals surface area contributed by atoms with Gasteiger partial charge in [-0.2, -0.15) is 0 Å². The summed E-state index contributed by atoms with van der Waals surface area (Å²) in [4.78, 5) is 0.191. The fourth-order valence-corrected chi connectivity index (χ4v) is 2.84. The molecular formula is C14H25N3O2S. The molecule has 1 unspecified atom stereocenters. The number of rotatable bonds is 7. The van der Waals surface area contributed by atoms with Crippen LogP contribution in [0.4, 0.5) is 11.4 Å². The lowest BCUT2D eigenvalue weighted by molar-refractivity contribution is 0.527. The first kappa shape index (κ1) is 16.8. The lowest BCUT2D eigenvalue weighted by atomic mass is 10.0. The van der Waals surface area contributed by atoms with Crippen molar-refractivity contribution in [1.29, 1.82) is 0 Å². The van der Waals surface area contributed by atoms with Crippen molar-refractivity contribution in [2.75, 3.05) is 18.1 Å². The van der Waals surface area contributed by atoms with Crippen molar-refractivity contribution < 1.29 is 8.42 Å². The normalized spacial score (nSPS) is 13.4. The van der Waals surface area contributed by atoms with Gasteiger partial charge in [0.05, 0.1) is 5.69 Å². The molecule has 6 heteroatoms. The fourth-order valence-electron chi connectivity index (χ4n) is 1.91. The fraction of sp³-hybridized carbons (Fsp3) is 0.571. The zero-order valence-corrected chi connectivity index (χ0v) is 13.4. The molecule has 1 aromatic carbocycles. The van der Waals surface area contributed by atoms with Crippen molar-refractivity contribution in [3.8, 4) is 0 Å². The molecular weight excluding hydrogens is 274 g/mol. The minimum absolute atomic E-state index is 0.191. The first-order valence-corrected chi connectivity index (χ1v) is 8.34. The third-order valence-electron chi connectivity index (χ3n) is 3.14. The second kappa shape index (κ2) is 6.95. The highest BCUT2D eigenvalue weighted by Crippen LogP contribution is 2.25. The number of nitrogens with two attached hydrogens (primary N) is 1. The first-order valence-electron chi connectivity index (χ1n) is 6.86. The molecule has 0 saturated heterocycles. The maximum atomic E-state index is 12.0. The van der Waals surface area contributed by atoms with E-state index in [1.807, 2.05) is 0 Å². The van der Waals surface area contributed by atoms with E-state index in [1.54, 1.807) is 12.1 Å². The average Bonchev–Trinajstić information content (AvgIpc) is 2.38. The number of anilines is 2. The molecule has 0 radical (unpaired) electrons. The zero-order valence-electron chi connectivity index (χ0n) is 12.6. The predicted octanol–water partition coefficient (Wildman–Crippen LogP) is 2.41. The molecule has 0 amide bonds. The van der Waals surface area contributed by atoms with E-state index in [2.05, 4.69) is 30.8 Å². The van der Waals surface area contributed by atoms with Crippen molar-refractivity contribution >= 4 is 21.4 Å². The Morgan fingerprint density at radius 2 is 1.85 bits per heavy atom. The molecule has 0 fully saturated rings. The Morgan fingerprint density at radius 1 is 1.20 bits per heavy atom. The van der Waals surface area contributed by atoms with Crippen LogP contribution in [0.15, 0.2) is 23.1 Å². The zero-order chi connectivity index (χ0) is 15.3. The molecule has 1 atom stereocenters. The van der Waals surface area contributed by atoms with E-state index in [9.17, 15) is 8.42 Å². The van der Waals surface area contributed by atoms with Crippen LogP contribution in [0.3, 0.4) is 0 Å². The van der Waals surface area contributed by atoms with Gasteiger partial charge in [0.1, 0.15) is 4.90 Å². The number of nitrogen functional groups attached to an aromatic ring is 1. The monoisotopic (exact) mass is 299 g/mol. The molecule has 114 valence electrons. The number of sulfonamides is 1. The molecule has 1 aromatic rings. The maximum Gasteiger partial charge on any atom is 0.242 e. The van der Waals surface area contributed by atoms with Gasteiger partial charge in [0.15, 0.2) is 0 Å². The van der Waals surface area contributed by atoms with Crippen LogP contribution in [0.5, 0.6) is 0 Å². The van der Waals surface area contributed by atoms with Gasteiger partial charge in [0.2, 0.25) is 10.0 Å². The standard InChI is InChI=1S/C14H25N3O2S/c1-10(2)5-6-11(3)17-13-8-7-12(15)9-14(13)20(18,19)16-4/h7-11,16-17H,5-6,15H2,1-4H3. The van der Waals surface area contributed by atoms with Crippen molar-refractivity contribution in [2.45, 2.75) is 44.6 Å². The largest absolute Gasteiger partial charge is 0.399 e. The Kier molecular flexibility index (Phi) is 5.83. The van der Waals surface area contributed by atoms with Crippen LogP contribution < -0.4 is 15.8 Å². The molecule has 0 heterocycles. The van der Waals surface area contributed by atoms with Crippen LogP contribution in [-0.2, 0) is 10.0 Å². The summed E-state index contributed by atoms with van der Waals surface area (Å²) in [5.41, 5.74) is 6.71. The summed E-state index contributed by atoms with van der Waals surface area (Å²) < 4.78 is 26.4. The Labute approximate surface area is 122 Å². The second-order valence-corrected chi connectivity index (χ2v) is 7.33. The Bertz CT molecular complexity index is 541. The summed E-state index contributed by atoms with van der Waals surface area (Å²) in [6.07, 6.45) is 2.08. The molecule has 0 aliphatic carbocycles. The van der Waals surface area contributed by atoms with Gasteiger partial charge in [-0.25, -0.2) is 13.1 Å². The predicted molar refractivity (Wildman–Crippen MR) is 84.3 cm³/mol.